The quantitative estimate of drug-likeness (QED) is 0.627. The second kappa shape index (κ2) is 11.1. The van der Waals surface area contributed by atoms with Gasteiger partial charge in [-0.05, 0) is 18.6 Å². The van der Waals surface area contributed by atoms with Crippen molar-refractivity contribution in [2.75, 3.05) is 51.0 Å². The summed E-state index contributed by atoms with van der Waals surface area (Å²) in [7, 11) is 0. The number of furan rings is 1. The minimum atomic E-state index is -0.0548. The van der Waals surface area contributed by atoms with Crippen LogP contribution in [0.15, 0.2) is 22.8 Å². The van der Waals surface area contributed by atoms with Crippen LogP contribution in [-0.4, -0.2) is 67.7 Å². The van der Waals surface area contributed by atoms with E-state index >= 15 is 0 Å². The Morgan fingerprint density at radius 2 is 2.12 bits per heavy atom. The molecule has 0 aliphatic carbocycles. The predicted molar refractivity (Wildman–Crippen MR) is 90.7 cm³/mol. The van der Waals surface area contributed by atoms with Gasteiger partial charge in [0.05, 0.1) is 31.0 Å². The van der Waals surface area contributed by atoms with Gasteiger partial charge in [0.2, 0.25) is 11.8 Å². The lowest BCUT2D eigenvalue weighted by Crippen LogP contribution is -2.41. The molecule has 2 rings (SSSR count). The molecule has 24 heavy (non-hydrogen) atoms. The van der Waals surface area contributed by atoms with Gasteiger partial charge in [-0.3, -0.25) is 9.59 Å². The van der Waals surface area contributed by atoms with Crippen molar-refractivity contribution in [1.82, 2.24) is 10.2 Å². The van der Waals surface area contributed by atoms with Crippen LogP contribution < -0.4 is 5.32 Å². The fraction of sp³-hybridized carbons (Fsp3) is 0.625. The molecule has 0 saturated carbocycles. The van der Waals surface area contributed by atoms with Gasteiger partial charge in [-0.25, -0.2) is 0 Å². The Bertz CT molecular complexity index is 489. The fourth-order valence-electron chi connectivity index (χ4n) is 2.16. The molecule has 1 saturated heterocycles. The second-order valence-corrected chi connectivity index (χ2v) is 6.31. The molecule has 1 N–H and O–H groups in total. The van der Waals surface area contributed by atoms with Crippen molar-refractivity contribution in [3.63, 3.8) is 0 Å². The van der Waals surface area contributed by atoms with E-state index in [0.29, 0.717) is 57.6 Å². The standard InChI is InChI=1S/C16H24N2O5S/c19-15(12-24-13-16(20)18-5-9-21-10-6-18)17-4-2-7-22-11-14-3-1-8-23-14/h1,3,8H,2,4-7,9-13H2,(H,17,19). The molecule has 8 heteroatoms. The first-order valence-corrected chi connectivity index (χ1v) is 9.21. The Morgan fingerprint density at radius 1 is 1.29 bits per heavy atom. The first kappa shape index (κ1) is 18.8. The molecule has 0 radical (unpaired) electrons. The van der Waals surface area contributed by atoms with E-state index in [9.17, 15) is 9.59 Å². The molecule has 0 unspecified atom stereocenters. The lowest BCUT2D eigenvalue weighted by molar-refractivity contribution is -0.132. The van der Waals surface area contributed by atoms with E-state index in [1.165, 1.54) is 11.8 Å². The summed E-state index contributed by atoms with van der Waals surface area (Å²) < 4.78 is 15.8. The first-order chi connectivity index (χ1) is 11.8. The molecule has 1 fully saturated rings. The molecule has 0 atom stereocenters. The summed E-state index contributed by atoms with van der Waals surface area (Å²) in [6, 6.07) is 3.68. The van der Waals surface area contributed by atoms with Crippen LogP contribution in [-0.2, 0) is 25.7 Å². The van der Waals surface area contributed by atoms with Crippen molar-refractivity contribution in [2.24, 2.45) is 0 Å². The number of carbonyl (C=O) groups excluding carboxylic acids is 2. The molecule has 1 aliphatic rings. The zero-order valence-electron chi connectivity index (χ0n) is 13.7. The molecule has 0 aromatic carbocycles. The molecule has 1 aromatic heterocycles. The maximum absolute atomic E-state index is 11.9. The van der Waals surface area contributed by atoms with Gasteiger partial charge in [-0.2, -0.15) is 0 Å². The minimum absolute atomic E-state index is 0.0548. The van der Waals surface area contributed by atoms with Crippen molar-refractivity contribution in [2.45, 2.75) is 13.0 Å². The van der Waals surface area contributed by atoms with Gasteiger partial charge in [0, 0.05) is 26.2 Å². The Balaban J connectivity index is 1.42. The summed E-state index contributed by atoms with van der Waals surface area (Å²) in [6.45, 7) is 4.05. The summed E-state index contributed by atoms with van der Waals surface area (Å²) in [5.41, 5.74) is 0. The van der Waals surface area contributed by atoms with Gasteiger partial charge in [0.15, 0.2) is 0 Å². The third-order valence-corrected chi connectivity index (χ3v) is 4.35. The molecule has 134 valence electrons. The van der Waals surface area contributed by atoms with Crippen molar-refractivity contribution in [3.8, 4) is 0 Å². The number of ether oxygens (including phenoxy) is 2. The molecule has 1 aromatic rings. The van der Waals surface area contributed by atoms with Gasteiger partial charge in [0.25, 0.3) is 0 Å². The largest absolute Gasteiger partial charge is 0.467 e. The number of morpholine rings is 1. The van der Waals surface area contributed by atoms with E-state index in [1.54, 1.807) is 11.2 Å². The number of rotatable bonds is 10. The van der Waals surface area contributed by atoms with Crippen molar-refractivity contribution in [1.29, 1.82) is 0 Å². The van der Waals surface area contributed by atoms with Crippen LogP contribution in [0.25, 0.3) is 0 Å². The Morgan fingerprint density at radius 3 is 2.88 bits per heavy atom. The molecular formula is C16H24N2O5S. The van der Waals surface area contributed by atoms with Crippen LogP contribution in [0.3, 0.4) is 0 Å². The number of amides is 2. The first-order valence-electron chi connectivity index (χ1n) is 8.06. The minimum Gasteiger partial charge on any atom is -0.467 e. The lowest BCUT2D eigenvalue weighted by Gasteiger charge is -2.26. The molecule has 7 nitrogen and oxygen atoms in total. The summed E-state index contributed by atoms with van der Waals surface area (Å²) in [5, 5.41) is 2.82. The van der Waals surface area contributed by atoms with Crippen LogP contribution in [0.5, 0.6) is 0 Å². The Hall–Kier alpha value is -1.51. The van der Waals surface area contributed by atoms with Crippen LogP contribution in [0.1, 0.15) is 12.2 Å². The van der Waals surface area contributed by atoms with E-state index in [4.69, 9.17) is 13.9 Å². The average molecular weight is 356 g/mol. The zero-order valence-corrected chi connectivity index (χ0v) is 14.5. The van der Waals surface area contributed by atoms with Crippen molar-refractivity contribution in [3.05, 3.63) is 24.2 Å². The Labute approximate surface area is 146 Å². The predicted octanol–water partition coefficient (Wildman–Crippen LogP) is 0.895. The topological polar surface area (TPSA) is 81.0 Å². The van der Waals surface area contributed by atoms with Crippen LogP contribution in [0, 0.1) is 0 Å². The SMILES string of the molecule is O=C(CSCC(=O)N1CCOCC1)NCCCOCc1ccco1. The highest BCUT2D eigenvalue weighted by Gasteiger charge is 2.16. The number of hydrogen-bond donors (Lipinski definition) is 1. The fourth-order valence-corrected chi connectivity index (χ4v) is 2.90. The number of hydrogen-bond acceptors (Lipinski definition) is 6. The lowest BCUT2D eigenvalue weighted by atomic mass is 10.4. The van der Waals surface area contributed by atoms with Gasteiger partial charge in [-0.15, -0.1) is 11.8 Å². The summed E-state index contributed by atoms with van der Waals surface area (Å²) >= 11 is 1.34. The maximum Gasteiger partial charge on any atom is 0.232 e. The number of nitrogens with zero attached hydrogens (tertiary/aromatic N) is 1. The molecular weight excluding hydrogens is 332 g/mol. The van der Waals surface area contributed by atoms with E-state index in [2.05, 4.69) is 5.32 Å². The molecule has 0 spiro atoms. The highest BCUT2D eigenvalue weighted by molar-refractivity contribution is 8.00. The zero-order chi connectivity index (χ0) is 17.0. The average Bonchev–Trinajstić information content (AvgIpc) is 3.12. The third-order valence-electron chi connectivity index (χ3n) is 3.43. The van der Waals surface area contributed by atoms with E-state index in [-0.39, 0.29) is 11.8 Å². The number of nitrogens with one attached hydrogen (secondary N) is 1. The van der Waals surface area contributed by atoms with Crippen molar-refractivity contribution < 1.29 is 23.5 Å². The molecule has 2 amide bonds. The molecule has 1 aliphatic heterocycles. The second-order valence-electron chi connectivity index (χ2n) is 5.32. The normalized spacial score (nSPS) is 14.6. The van der Waals surface area contributed by atoms with Crippen molar-refractivity contribution >= 4 is 23.6 Å². The van der Waals surface area contributed by atoms with Gasteiger partial charge in [0.1, 0.15) is 12.4 Å². The molecule has 0 bridgehead atoms. The number of thioether (sulfide) groups is 1. The maximum atomic E-state index is 11.9. The highest BCUT2D eigenvalue weighted by atomic mass is 32.2. The smallest absolute Gasteiger partial charge is 0.232 e. The van der Waals surface area contributed by atoms with E-state index < -0.39 is 0 Å². The van der Waals surface area contributed by atoms with E-state index in [0.717, 1.165) is 12.2 Å². The third kappa shape index (κ3) is 7.37. The summed E-state index contributed by atoms with van der Waals surface area (Å²) in [5.74, 6) is 1.44. The molecule has 2 heterocycles. The van der Waals surface area contributed by atoms with Crippen LogP contribution >= 0.6 is 11.8 Å². The van der Waals surface area contributed by atoms with Gasteiger partial charge < -0.3 is 24.1 Å². The van der Waals surface area contributed by atoms with Crippen LogP contribution in [0.4, 0.5) is 0 Å². The number of carbonyl (C=O) groups is 2. The van der Waals surface area contributed by atoms with Gasteiger partial charge >= 0.3 is 0 Å². The highest BCUT2D eigenvalue weighted by Crippen LogP contribution is 2.05. The van der Waals surface area contributed by atoms with E-state index in [1.807, 2.05) is 12.1 Å². The summed E-state index contributed by atoms with van der Waals surface area (Å²) in [6.07, 6.45) is 2.35. The summed E-state index contributed by atoms with van der Waals surface area (Å²) in [4.78, 5) is 25.4. The van der Waals surface area contributed by atoms with Gasteiger partial charge in [-0.1, -0.05) is 0 Å². The Kier molecular flexibility index (Phi) is 8.72. The monoisotopic (exact) mass is 356 g/mol. The van der Waals surface area contributed by atoms with Crippen LogP contribution in [0.2, 0.25) is 0 Å².